The Balaban J connectivity index is 2.05. The molecule has 0 radical (unpaired) electrons. The summed E-state index contributed by atoms with van der Waals surface area (Å²) in [4.78, 5) is 10.9. The molecule has 1 heterocycles. The van der Waals surface area contributed by atoms with E-state index < -0.39 is 8.32 Å². The summed E-state index contributed by atoms with van der Waals surface area (Å²) in [5, 5.41) is 2.43. The molecule has 0 saturated carbocycles. The third-order valence-electron chi connectivity index (χ3n) is 4.64. The Bertz CT molecular complexity index is 640. The third kappa shape index (κ3) is 3.09. The van der Waals surface area contributed by atoms with Crippen molar-refractivity contribution >= 4 is 25.0 Å². The first-order valence-electron chi connectivity index (χ1n) is 8.35. The zero-order chi connectivity index (χ0) is 17.2. The average molecular weight is 340 g/mol. The van der Waals surface area contributed by atoms with Crippen molar-refractivity contribution in [3.63, 3.8) is 0 Å². The van der Waals surface area contributed by atoms with Crippen LogP contribution < -0.4 is 10.4 Å². The molecule has 24 heavy (non-hydrogen) atoms. The summed E-state index contributed by atoms with van der Waals surface area (Å²) in [6.07, 6.45) is 0.451. The number of benzene rings is 2. The lowest BCUT2D eigenvalue weighted by atomic mass is 10.2. The lowest BCUT2D eigenvalue weighted by Gasteiger charge is -2.43. The van der Waals surface area contributed by atoms with Crippen molar-refractivity contribution in [2.45, 2.75) is 38.0 Å². The van der Waals surface area contributed by atoms with Gasteiger partial charge in [-0.3, -0.25) is 0 Å². The Morgan fingerprint density at radius 2 is 1.50 bits per heavy atom. The minimum atomic E-state index is -2.51. The van der Waals surface area contributed by atoms with Crippen molar-refractivity contribution in [1.29, 1.82) is 0 Å². The zero-order valence-electron chi connectivity index (χ0n) is 14.4. The molecule has 2 atom stereocenters. The second kappa shape index (κ2) is 6.63. The van der Waals surface area contributed by atoms with E-state index in [0.29, 0.717) is 6.61 Å². The summed E-state index contributed by atoms with van der Waals surface area (Å²) in [5.41, 5.74) is 0. The van der Waals surface area contributed by atoms with Crippen LogP contribution in [-0.4, -0.2) is 33.4 Å². The Morgan fingerprint density at radius 1 is 1.00 bits per heavy atom. The molecular weight excluding hydrogens is 316 g/mol. The van der Waals surface area contributed by atoms with Gasteiger partial charge in [-0.25, -0.2) is 0 Å². The van der Waals surface area contributed by atoms with Gasteiger partial charge in [0.2, 0.25) is 0 Å². The highest BCUT2D eigenvalue weighted by Crippen LogP contribution is 2.37. The van der Waals surface area contributed by atoms with Gasteiger partial charge in [0.15, 0.2) is 6.29 Å². The summed E-state index contributed by atoms with van der Waals surface area (Å²) >= 11 is 0. The Hall–Kier alpha value is -1.75. The third-order valence-corrected chi connectivity index (χ3v) is 9.64. The van der Waals surface area contributed by atoms with E-state index in [1.165, 1.54) is 10.4 Å². The number of ether oxygens (including phenoxy) is 1. The number of hydrogen-bond acceptors (Lipinski definition) is 3. The van der Waals surface area contributed by atoms with Gasteiger partial charge in [0.05, 0.1) is 6.61 Å². The monoisotopic (exact) mass is 340 g/mol. The maximum absolute atomic E-state index is 10.9. The highest BCUT2D eigenvalue weighted by Gasteiger charge is 2.52. The first kappa shape index (κ1) is 17.1. The van der Waals surface area contributed by atoms with Crippen LogP contribution in [0.5, 0.6) is 0 Å². The molecule has 0 spiro atoms. The fourth-order valence-electron chi connectivity index (χ4n) is 3.38. The number of carbonyl (C=O) groups excluding carboxylic acids is 1. The van der Waals surface area contributed by atoms with Gasteiger partial charge in [0.1, 0.15) is 12.2 Å². The lowest BCUT2D eigenvalue weighted by molar-refractivity contribution is -0.108. The summed E-state index contributed by atoms with van der Waals surface area (Å²) in [6.45, 7) is 7.18. The maximum Gasteiger partial charge on any atom is 0.261 e. The molecule has 1 aliphatic heterocycles. The normalized spacial score (nSPS) is 20.6. The van der Waals surface area contributed by atoms with Gasteiger partial charge in [0.25, 0.3) is 8.32 Å². The largest absolute Gasteiger partial charge is 0.405 e. The molecule has 3 nitrogen and oxygen atoms in total. The minimum absolute atomic E-state index is 0.0543. The van der Waals surface area contributed by atoms with Crippen molar-refractivity contribution in [3.8, 4) is 0 Å². The second-order valence-corrected chi connectivity index (χ2v) is 11.6. The van der Waals surface area contributed by atoms with E-state index >= 15 is 0 Å². The second-order valence-electron chi connectivity index (χ2n) is 7.25. The topological polar surface area (TPSA) is 38.8 Å². The smallest absolute Gasteiger partial charge is 0.261 e. The number of rotatable bonds is 6. The van der Waals surface area contributed by atoms with Crippen molar-refractivity contribution in [2.75, 3.05) is 6.61 Å². The van der Waals surface area contributed by atoms with E-state index in [9.17, 15) is 4.79 Å². The molecular formula is C20H24O3Si. The van der Waals surface area contributed by atoms with E-state index in [2.05, 4.69) is 69.3 Å². The van der Waals surface area contributed by atoms with E-state index in [1.807, 2.05) is 12.1 Å². The molecule has 0 unspecified atom stereocenters. The molecule has 4 heteroatoms. The molecule has 1 fully saturated rings. The Morgan fingerprint density at radius 3 is 1.88 bits per heavy atom. The average Bonchev–Trinajstić information content (AvgIpc) is 3.35. The highest BCUT2D eigenvalue weighted by molar-refractivity contribution is 6.99. The van der Waals surface area contributed by atoms with Crippen LogP contribution in [-0.2, 0) is 14.0 Å². The molecule has 1 aliphatic rings. The molecule has 2 aromatic rings. The minimum Gasteiger partial charge on any atom is -0.405 e. The van der Waals surface area contributed by atoms with Gasteiger partial charge >= 0.3 is 0 Å². The molecule has 1 saturated heterocycles. The molecule has 0 N–H and O–H groups in total. The fraction of sp³-hybridized carbons (Fsp3) is 0.350. The van der Waals surface area contributed by atoms with Crippen LogP contribution in [0.4, 0.5) is 0 Å². The van der Waals surface area contributed by atoms with Gasteiger partial charge < -0.3 is 14.0 Å². The highest BCUT2D eigenvalue weighted by atomic mass is 28.4. The Labute approximate surface area is 144 Å². The molecule has 0 aromatic heterocycles. The summed E-state index contributed by atoms with van der Waals surface area (Å²) in [5.74, 6) is 0. The van der Waals surface area contributed by atoms with E-state index in [-0.39, 0.29) is 17.2 Å². The van der Waals surface area contributed by atoms with Crippen LogP contribution in [0.15, 0.2) is 60.7 Å². The Kier molecular flexibility index (Phi) is 4.72. The quantitative estimate of drug-likeness (QED) is 0.461. The van der Waals surface area contributed by atoms with Gasteiger partial charge in [-0.05, 0) is 15.4 Å². The van der Waals surface area contributed by atoms with Crippen LogP contribution in [0.25, 0.3) is 0 Å². The van der Waals surface area contributed by atoms with Crippen molar-refractivity contribution < 1.29 is 14.0 Å². The first-order valence-corrected chi connectivity index (χ1v) is 10.3. The summed E-state index contributed by atoms with van der Waals surface area (Å²) in [6, 6.07) is 21.0. The van der Waals surface area contributed by atoms with Gasteiger partial charge in [-0.1, -0.05) is 81.4 Å². The maximum atomic E-state index is 10.9. The van der Waals surface area contributed by atoms with Gasteiger partial charge in [0, 0.05) is 0 Å². The number of hydrogen-bond donors (Lipinski definition) is 0. The van der Waals surface area contributed by atoms with E-state index in [0.717, 1.165) is 6.29 Å². The van der Waals surface area contributed by atoms with Crippen molar-refractivity contribution in [1.82, 2.24) is 0 Å². The van der Waals surface area contributed by atoms with Gasteiger partial charge in [-0.15, -0.1) is 0 Å². The van der Waals surface area contributed by atoms with Gasteiger partial charge in [-0.2, -0.15) is 0 Å². The van der Waals surface area contributed by atoms with Crippen molar-refractivity contribution in [3.05, 3.63) is 60.7 Å². The molecule has 126 valence electrons. The fourth-order valence-corrected chi connectivity index (χ4v) is 7.95. The molecule has 0 aliphatic carbocycles. The first-order chi connectivity index (χ1) is 11.5. The molecule has 0 bridgehead atoms. The number of carbonyl (C=O) groups is 1. The molecule has 2 aromatic carbocycles. The van der Waals surface area contributed by atoms with Crippen LogP contribution in [0.3, 0.4) is 0 Å². The predicted molar refractivity (Wildman–Crippen MR) is 98.3 cm³/mol. The summed E-state index contributed by atoms with van der Waals surface area (Å²) in [7, 11) is -2.51. The molecule has 0 amide bonds. The molecule has 3 rings (SSSR count). The predicted octanol–water partition coefficient (Wildman–Crippen LogP) is 2.53. The van der Waals surface area contributed by atoms with Crippen LogP contribution >= 0.6 is 0 Å². The SMILES string of the molecule is CC(C)(C)[Si](OC[C@@H]1O[C@@H]1C=O)(c1ccccc1)c1ccccc1. The number of aldehydes is 1. The standard InChI is InChI=1S/C20H24O3Si/c1-20(2,3)24(16-10-6-4-7-11-16,17-12-8-5-9-13-17)22-15-19-18(14-21)23-19/h4-14,18-19H,15H2,1-3H3/t18-,19+/m1/s1. The lowest BCUT2D eigenvalue weighted by Crippen LogP contribution is -2.66. The van der Waals surface area contributed by atoms with E-state index in [4.69, 9.17) is 9.16 Å². The number of epoxide rings is 1. The summed E-state index contributed by atoms with van der Waals surface area (Å²) < 4.78 is 12.1. The van der Waals surface area contributed by atoms with Crippen molar-refractivity contribution in [2.24, 2.45) is 0 Å². The zero-order valence-corrected chi connectivity index (χ0v) is 15.4. The van der Waals surface area contributed by atoms with Crippen LogP contribution in [0.1, 0.15) is 20.8 Å². The van der Waals surface area contributed by atoms with E-state index in [1.54, 1.807) is 0 Å². The van der Waals surface area contributed by atoms with Crippen LogP contribution in [0, 0.1) is 0 Å². The van der Waals surface area contributed by atoms with Crippen LogP contribution in [0.2, 0.25) is 5.04 Å².